The van der Waals surface area contributed by atoms with Crippen molar-refractivity contribution >= 4 is 17.8 Å². The summed E-state index contributed by atoms with van der Waals surface area (Å²) in [6.45, 7) is 7.56. The molecular formula is C24H28O6. The molecule has 2 rings (SSSR count). The normalized spacial score (nSPS) is 10.8. The van der Waals surface area contributed by atoms with Crippen LogP contribution >= 0.6 is 0 Å². The fraction of sp³-hybridized carbons (Fsp3) is 0.333. The third-order valence-electron chi connectivity index (χ3n) is 5.23. The number of ether oxygens (including phenoxy) is 4. The molecule has 6 nitrogen and oxygen atoms in total. The largest absolute Gasteiger partial charge is 0.493 e. The Balaban J connectivity index is 2.10. The first-order valence-corrected chi connectivity index (χ1v) is 9.48. The topological polar surface area (TPSA) is 71.1 Å². The molecule has 0 saturated heterocycles. The number of hydrogen-bond acceptors (Lipinski definition) is 6. The molecule has 0 amide bonds. The highest BCUT2D eigenvalue weighted by atomic mass is 16.5. The molecule has 30 heavy (non-hydrogen) atoms. The van der Waals surface area contributed by atoms with Crippen LogP contribution in [0.4, 0.5) is 0 Å². The van der Waals surface area contributed by atoms with Gasteiger partial charge in [0.1, 0.15) is 0 Å². The van der Waals surface area contributed by atoms with Crippen molar-refractivity contribution in [1.82, 2.24) is 0 Å². The first-order valence-electron chi connectivity index (χ1n) is 9.48. The van der Waals surface area contributed by atoms with Crippen molar-refractivity contribution in [2.45, 2.75) is 27.7 Å². The van der Waals surface area contributed by atoms with Gasteiger partial charge in [-0.15, -0.1) is 0 Å². The quantitative estimate of drug-likeness (QED) is 0.364. The Bertz CT molecular complexity index is 963. The van der Waals surface area contributed by atoms with Crippen molar-refractivity contribution < 1.29 is 28.5 Å². The number of esters is 1. The maximum absolute atomic E-state index is 12.5. The van der Waals surface area contributed by atoms with E-state index in [9.17, 15) is 9.59 Å². The highest BCUT2D eigenvalue weighted by Gasteiger charge is 2.16. The average molecular weight is 412 g/mol. The van der Waals surface area contributed by atoms with Gasteiger partial charge in [0.05, 0.1) is 21.3 Å². The minimum absolute atomic E-state index is 0.228. The number of methoxy groups -OCH3 is 3. The van der Waals surface area contributed by atoms with E-state index >= 15 is 0 Å². The van der Waals surface area contributed by atoms with E-state index in [1.165, 1.54) is 27.4 Å². The number of carbonyl (C=O) groups excluding carboxylic acids is 2. The Morgan fingerprint density at radius 2 is 1.43 bits per heavy atom. The molecule has 0 fully saturated rings. The monoisotopic (exact) mass is 412 g/mol. The van der Waals surface area contributed by atoms with Gasteiger partial charge >= 0.3 is 5.97 Å². The SMILES string of the molecule is COc1cc(/C=C/C(=O)OCC(=O)c2cc(C)c(C)c(C)c2C)cc(OC)c1OC. The highest BCUT2D eigenvalue weighted by Crippen LogP contribution is 2.38. The summed E-state index contributed by atoms with van der Waals surface area (Å²) in [5.41, 5.74) is 5.42. The lowest BCUT2D eigenvalue weighted by Gasteiger charge is -2.13. The fourth-order valence-electron chi connectivity index (χ4n) is 3.13. The molecule has 0 saturated carbocycles. The van der Waals surface area contributed by atoms with Crippen molar-refractivity contribution in [3.63, 3.8) is 0 Å². The number of aryl methyl sites for hydroxylation is 1. The summed E-state index contributed by atoms with van der Waals surface area (Å²) < 4.78 is 21.0. The van der Waals surface area contributed by atoms with Crippen LogP contribution in [0.5, 0.6) is 17.2 Å². The third kappa shape index (κ3) is 5.00. The van der Waals surface area contributed by atoms with E-state index in [4.69, 9.17) is 18.9 Å². The molecule has 0 aromatic heterocycles. The molecule has 0 aliphatic heterocycles. The lowest BCUT2D eigenvalue weighted by Crippen LogP contribution is -2.15. The first kappa shape index (κ1) is 23.0. The van der Waals surface area contributed by atoms with Crippen molar-refractivity contribution in [3.8, 4) is 17.2 Å². The van der Waals surface area contributed by atoms with E-state index in [0.717, 1.165) is 22.3 Å². The minimum atomic E-state index is -0.615. The van der Waals surface area contributed by atoms with E-state index in [0.29, 0.717) is 28.4 Å². The third-order valence-corrected chi connectivity index (χ3v) is 5.23. The number of rotatable bonds is 8. The lowest BCUT2D eigenvalue weighted by atomic mass is 9.93. The van der Waals surface area contributed by atoms with Gasteiger partial charge in [-0.3, -0.25) is 4.79 Å². The molecule has 0 spiro atoms. The summed E-state index contributed by atoms with van der Waals surface area (Å²) >= 11 is 0. The summed E-state index contributed by atoms with van der Waals surface area (Å²) in [5, 5.41) is 0. The molecule has 0 unspecified atom stereocenters. The Kier molecular flexibility index (Phi) is 7.64. The lowest BCUT2D eigenvalue weighted by molar-refractivity contribution is -0.136. The van der Waals surface area contributed by atoms with Gasteiger partial charge in [-0.05, 0) is 79.8 Å². The van der Waals surface area contributed by atoms with E-state index in [1.54, 1.807) is 18.2 Å². The number of hydrogen-bond donors (Lipinski definition) is 0. The van der Waals surface area contributed by atoms with Gasteiger partial charge in [-0.2, -0.15) is 0 Å². The molecule has 0 bridgehead atoms. The summed E-state index contributed by atoms with van der Waals surface area (Å²) in [5.74, 6) is 0.564. The Hall–Kier alpha value is -3.28. The Morgan fingerprint density at radius 1 is 0.833 bits per heavy atom. The zero-order valence-corrected chi connectivity index (χ0v) is 18.5. The molecular weight excluding hydrogens is 384 g/mol. The summed E-state index contributed by atoms with van der Waals surface area (Å²) in [6.07, 6.45) is 2.81. The second kappa shape index (κ2) is 9.96. The summed E-state index contributed by atoms with van der Waals surface area (Å²) in [6, 6.07) is 5.26. The second-order valence-corrected chi connectivity index (χ2v) is 6.94. The zero-order valence-electron chi connectivity index (χ0n) is 18.5. The molecule has 160 valence electrons. The van der Waals surface area contributed by atoms with Crippen LogP contribution in [0, 0.1) is 27.7 Å². The summed E-state index contributed by atoms with van der Waals surface area (Å²) in [4.78, 5) is 24.7. The first-order chi connectivity index (χ1) is 14.2. The highest BCUT2D eigenvalue weighted by molar-refractivity contribution is 6.00. The molecule has 0 heterocycles. The van der Waals surface area contributed by atoms with Crippen molar-refractivity contribution in [2.24, 2.45) is 0 Å². The zero-order chi connectivity index (χ0) is 22.4. The smallest absolute Gasteiger partial charge is 0.331 e. The average Bonchev–Trinajstić information content (AvgIpc) is 2.75. The van der Waals surface area contributed by atoms with Gasteiger partial charge in [-0.1, -0.05) is 0 Å². The van der Waals surface area contributed by atoms with E-state index < -0.39 is 5.97 Å². The maximum atomic E-state index is 12.5. The number of ketones is 1. The molecule has 6 heteroatoms. The van der Waals surface area contributed by atoms with Gasteiger partial charge in [-0.25, -0.2) is 4.79 Å². The van der Waals surface area contributed by atoms with Gasteiger partial charge in [0.2, 0.25) is 11.5 Å². The van der Waals surface area contributed by atoms with Crippen molar-refractivity contribution in [1.29, 1.82) is 0 Å². The molecule has 0 aliphatic rings. The van der Waals surface area contributed by atoms with Crippen LogP contribution in [-0.2, 0) is 9.53 Å². The van der Waals surface area contributed by atoms with Crippen molar-refractivity contribution in [3.05, 3.63) is 57.7 Å². The van der Waals surface area contributed by atoms with Gasteiger partial charge in [0.25, 0.3) is 0 Å². The maximum Gasteiger partial charge on any atom is 0.331 e. The van der Waals surface area contributed by atoms with Crippen LogP contribution in [0.3, 0.4) is 0 Å². The molecule has 0 radical (unpaired) electrons. The van der Waals surface area contributed by atoms with Gasteiger partial charge < -0.3 is 18.9 Å². The predicted octanol–water partition coefficient (Wildman–Crippen LogP) is 4.39. The van der Waals surface area contributed by atoms with Crippen LogP contribution in [-0.4, -0.2) is 39.7 Å². The fourth-order valence-corrected chi connectivity index (χ4v) is 3.13. The standard InChI is InChI=1S/C24H28O6/c1-14-10-19(17(4)16(3)15(14)2)20(25)13-30-23(26)9-8-18-11-21(27-5)24(29-7)22(12-18)28-6/h8-12H,13H2,1-7H3/b9-8+. The summed E-state index contributed by atoms with van der Waals surface area (Å²) in [7, 11) is 4.55. The molecule has 0 aliphatic carbocycles. The van der Waals surface area contributed by atoms with Crippen LogP contribution in [0.2, 0.25) is 0 Å². The molecule has 0 atom stereocenters. The van der Waals surface area contributed by atoms with Gasteiger partial charge in [0.15, 0.2) is 18.1 Å². The van der Waals surface area contributed by atoms with Crippen LogP contribution in [0.25, 0.3) is 6.08 Å². The minimum Gasteiger partial charge on any atom is -0.493 e. The second-order valence-electron chi connectivity index (χ2n) is 6.94. The van der Waals surface area contributed by atoms with Crippen LogP contribution in [0.15, 0.2) is 24.3 Å². The van der Waals surface area contributed by atoms with Crippen LogP contribution < -0.4 is 14.2 Å². The molecule has 2 aromatic rings. The number of Topliss-reactive ketones (excluding diaryl/α,β-unsaturated/α-hetero) is 1. The Labute approximate surface area is 177 Å². The number of benzene rings is 2. The molecule has 0 N–H and O–H groups in total. The van der Waals surface area contributed by atoms with Gasteiger partial charge in [0, 0.05) is 11.6 Å². The van der Waals surface area contributed by atoms with E-state index in [-0.39, 0.29) is 12.4 Å². The van der Waals surface area contributed by atoms with E-state index in [2.05, 4.69) is 0 Å². The molecule has 2 aromatic carbocycles. The van der Waals surface area contributed by atoms with Crippen LogP contribution in [0.1, 0.15) is 38.2 Å². The van der Waals surface area contributed by atoms with E-state index in [1.807, 2.05) is 33.8 Å². The predicted molar refractivity (Wildman–Crippen MR) is 116 cm³/mol. The van der Waals surface area contributed by atoms with Crippen molar-refractivity contribution in [2.75, 3.05) is 27.9 Å². The number of carbonyl (C=O) groups is 2. The Morgan fingerprint density at radius 3 is 1.97 bits per heavy atom.